The fourth-order valence-electron chi connectivity index (χ4n) is 2.29. The lowest BCUT2D eigenvalue weighted by molar-refractivity contribution is 0.583. The van der Waals surface area contributed by atoms with Crippen molar-refractivity contribution in [3.05, 3.63) is 64.5 Å². The summed E-state index contributed by atoms with van der Waals surface area (Å²) in [5, 5.41) is 2.48. The van der Waals surface area contributed by atoms with Gasteiger partial charge in [-0.15, -0.1) is 11.3 Å². The van der Waals surface area contributed by atoms with Gasteiger partial charge >= 0.3 is 0 Å². The van der Waals surface area contributed by atoms with E-state index in [1.54, 1.807) is 12.3 Å². The summed E-state index contributed by atoms with van der Waals surface area (Å²) in [6.07, 6.45) is 1.60. The number of fused-ring (bicyclic) bond motifs is 1. The van der Waals surface area contributed by atoms with Crippen LogP contribution in [0.4, 0.5) is 0 Å². The third-order valence-electron chi connectivity index (χ3n) is 3.28. The molecular weight excluding hydrogens is 284 g/mol. The molecule has 0 aliphatic rings. The summed E-state index contributed by atoms with van der Waals surface area (Å²) in [6.45, 7) is 0. The highest BCUT2D eigenvalue weighted by molar-refractivity contribution is 7.17. The molecule has 0 amide bonds. The van der Waals surface area contributed by atoms with Gasteiger partial charge in [-0.25, -0.2) is 4.98 Å². The van der Waals surface area contributed by atoms with E-state index in [1.165, 1.54) is 11.3 Å². The third-order valence-corrected chi connectivity index (χ3v) is 4.15. The molecule has 0 fully saturated rings. The zero-order valence-corrected chi connectivity index (χ0v) is 11.7. The second-order valence-corrected chi connectivity index (χ2v) is 5.45. The van der Waals surface area contributed by atoms with Crippen LogP contribution in [0.5, 0.6) is 0 Å². The number of nitrogens with zero attached hydrogens (tertiary/aromatic N) is 1. The molecule has 0 spiro atoms. The number of thiophene rings is 1. The maximum atomic E-state index is 12.4. The second-order valence-electron chi connectivity index (χ2n) is 4.59. The highest BCUT2D eigenvalue weighted by Crippen LogP contribution is 2.31. The van der Waals surface area contributed by atoms with E-state index in [1.807, 2.05) is 41.8 Å². The van der Waals surface area contributed by atoms with Crippen LogP contribution in [-0.2, 0) is 0 Å². The van der Waals surface area contributed by atoms with Crippen LogP contribution in [0.3, 0.4) is 0 Å². The molecule has 0 saturated heterocycles. The van der Waals surface area contributed by atoms with Gasteiger partial charge < -0.3 is 9.40 Å². The Morgan fingerprint density at radius 1 is 1.10 bits per heavy atom. The number of hydrogen-bond acceptors (Lipinski definition) is 4. The summed E-state index contributed by atoms with van der Waals surface area (Å²) in [4.78, 5) is 20.5. The van der Waals surface area contributed by atoms with Gasteiger partial charge in [-0.05, 0) is 12.1 Å². The smallest absolute Gasteiger partial charge is 0.260 e. The summed E-state index contributed by atoms with van der Waals surface area (Å²) in [5.41, 5.74) is 1.53. The van der Waals surface area contributed by atoms with E-state index in [-0.39, 0.29) is 5.56 Å². The Kier molecular flexibility index (Phi) is 2.72. The Bertz CT molecular complexity index is 953. The highest BCUT2D eigenvalue weighted by Gasteiger charge is 2.14. The van der Waals surface area contributed by atoms with Gasteiger partial charge in [-0.3, -0.25) is 4.79 Å². The van der Waals surface area contributed by atoms with Crippen LogP contribution < -0.4 is 5.56 Å². The van der Waals surface area contributed by atoms with Gasteiger partial charge in [0.1, 0.15) is 16.4 Å². The van der Waals surface area contributed by atoms with Crippen molar-refractivity contribution in [2.24, 2.45) is 0 Å². The minimum Gasteiger partial charge on any atom is -0.464 e. The topological polar surface area (TPSA) is 58.9 Å². The fourth-order valence-corrected chi connectivity index (χ4v) is 3.22. The van der Waals surface area contributed by atoms with Crippen LogP contribution in [0.15, 0.2) is 63.3 Å². The molecule has 0 aliphatic heterocycles. The summed E-state index contributed by atoms with van der Waals surface area (Å²) in [6, 6.07) is 13.3. The Labute approximate surface area is 123 Å². The van der Waals surface area contributed by atoms with Crippen molar-refractivity contribution in [3.8, 4) is 22.7 Å². The maximum Gasteiger partial charge on any atom is 0.260 e. The van der Waals surface area contributed by atoms with E-state index in [2.05, 4.69) is 9.97 Å². The molecule has 0 unspecified atom stereocenters. The first-order chi connectivity index (χ1) is 10.3. The van der Waals surface area contributed by atoms with E-state index in [0.717, 1.165) is 11.1 Å². The van der Waals surface area contributed by atoms with E-state index in [0.29, 0.717) is 21.8 Å². The molecular formula is C16H10N2O2S. The number of benzene rings is 1. The van der Waals surface area contributed by atoms with Crippen LogP contribution >= 0.6 is 11.3 Å². The van der Waals surface area contributed by atoms with Crippen LogP contribution in [0.1, 0.15) is 0 Å². The van der Waals surface area contributed by atoms with Gasteiger partial charge in [-0.2, -0.15) is 0 Å². The molecule has 4 rings (SSSR count). The molecule has 0 atom stereocenters. The largest absolute Gasteiger partial charge is 0.464 e. The maximum absolute atomic E-state index is 12.4. The quantitative estimate of drug-likeness (QED) is 0.609. The molecule has 5 heteroatoms. The van der Waals surface area contributed by atoms with E-state index in [4.69, 9.17) is 4.42 Å². The summed E-state index contributed by atoms with van der Waals surface area (Å²) < 4.78 is 5.38. The van der Waals surface area contributed by atoms with Crippen molar-refractivity contribution >= 4 is 21.6 Å². The van der Waals surface area contributed by atoms with E-state index >= 15 is 0 Å². The Hall–Kier alpha value is -2.66. The second kappa shape index (κ2) is 4.71. The molecule has 0 bridgehead atoms. The van der Waals surface area contributed by atoms with Crippen LogP contribution in [0.2, 0.25) is 0 Å². The van der Waals surface area contributed by atoms with Crippen molar-refractivity contribution in [2.45, 2.75) is 0 Å². The van der Waals surface area contributed by atoms with Crippen molar-refractivity contribution < 1.29 is 4.42 Å². The van der Waals surface area contributed by atoms with Crippen molar-refractivity contribution in [2.75, 3.05) is 0 Å². The van der Waals surface area contributed by atoms with Crippen molar-refractivity contribution in [1.29, 1.82) is 0 Å². The number of hydrogen-bond donors (Lipinski definition) is 1. The fraction of sp³-hybridized carbons (Fsp3) is 0. The normalized spacial score (nSPS) is 11.0. The molecule has 3 aromatic heterocycles. The first-order valence-corrected chi connectivity index (χ1v) is 7.32. The van der Waals surface area contributed by atoms with Gasteiger partial charge in [0.15, 0.2) is 0 Å². The van der Waals surface area contributed by atoms with Crippen LogP contribution in [0.25, 0.3) is 32.9 Å². The lowest BCUT2D eigenvalue weighted by Crippen LogP contribution is -2.08. The minimum atomic E-state index is -0.147. The minimum absolute atomic E-state index is 0.147. The molecule has 1 N–H and O–H groups in total. The monoisotopic (exact) mass is 294 g/mol. The molecule has 0 aliphatic carbocycles. The summed E-state index contributed by atoms with van der Waals surface area (Å²) >= 11 is 1.44. The molecule has 0 radical (unpaired) electrons. The van der Waals surface area contributed by atoms with Gasteiger partial charge in [0.05, 0.1) is 11.6 Å². The van der Waals surface area contributed by atoms with Crippen molar-refractivity contribution in [3.63, 3.8) is 0 Å². The number of nitrogens with one attached hydrogen (secondary N) is 1. The SMILES string of the molecule is O=c1[nH]c(-c2ccccc2)nc2scc(-c3ccco3)c12. The highest BCUT2D eigenvalue weighted by atomic mass is 32.1. The average Bonchev–Trinajstić information content (AvgIpc) is 3.17. The standard InChI is InChI=1S/C16H10N2O2S/c19-15-13-11(12-7-4-8-20-12)9-21-16(13)18-14(17-15)10-5-2-1-3-6-10/h1-9H,(H,17,18,19). The van der Waals surface area contributed by atoms with Gasteiger partial charge in [0.2, 0.25) is 0 Å². The molecule has 21 heavy (non-hydrogen) atoms. The van der Waals surface area contributed by atoms with Gasteiger partial charge in [-0.1, -0.05) is 30.3 Å². The van der Waals surface area contributed by atoms with E-state index in [9.17, 15) is 4.79 Å². The molecule has 4 nitrogen and oxygen atoms in total. The zero-order chi connectivity index (χ0) is 14.2. The van der Waals surface area contributed by atoms with Crippen LogP contribution in [-0.4, -0.2) is 9.97 Å². The lowest BCUT2D eigenvalue weighted by atomic mass is 10.2. The zero-order valence-electron chi connectivity index (χ0n) is 10.9. The number of H-pyrrole nitrogens is 1. The van der Waals surface area contributed by atoms with Gasteiger partial charge in [0, 0.05) is 16.5 Å². The Balaban J connectivity index is 1.96. The first kappa shape index (κ1) is 12.1. The molecule has 1 aromatic carbocycles. The Morgan fingerprint density at radius 3 is 2.71 bits per heavy atom. The summed E-state index contributed by atoms with van der Waals surface area (Å²) in [5.74, 6) is 1.27. The predicted octanol–water partition coefficient (Wildman–Crippen LogP) is 3.91. The molecule has 3 heterocycles. The van der Waals surface area contributed by atoms with Crippen LogP contribution in [0, 0.1) is 0 Å². The van der Waals surface area contributed by atoms with E-state index < -0.39 is 0 Å². The number of furan rings is 1. The summed E-state index contributed by atoms with van der Waals surface area (Å²) in [7, 11) is 0. The predicted molar refractivity (Wildman–Crippen MR) is 83.4 cm³/mol. The average molecular weight is 294 g/mol. The number of rotatable bonds is 2. The number of aromatic amines is 1. The lowest BCUT2D eigenvalue weighted by Gasteiger charge is -2.01. The third kappa shape index (κ3) is 1.98. The molecule has 4 aromatic rings. The first-order valence-electron chi connectivity index (χ1n) is 6.44. The van der Waals surface area contributed by atoms with Gasteiger partial charge in [0.25, 0.3) is 5.56 Å². The number of aromatic nitrogens is 2. The Morgan fingerprint density at radius 2 is 1.95 bits per heavy atom. The molecule has 102 valence electrons. The molecule has 0 saturated carbocycles. The van der Waals surface area contributed by atoms with Crippen molar-refractivity contribution in [1.82, 2.24) is 9.97 Å².